The van der Waals surface area contributed by atoms with Gasteiger partial charge >= 0.3 is 0 Å². The Kier molecular flexibility index (Phi) is 6.69. The lowest BCUT2D eigenvalue weighted by molar-refractivity contribution is 0.979. The second-order valence-corrected chi connectivity index (χ2v) is 6.93. The fourth-order valence-electron chi connectivity index (χ4n) is 3.12. The first-order chi connectivity index (χ1) is 11.9. The molecule has 25 heavy (non-hydrogen) atoms. The molecule has 0 radical (unpaired) electrons. The highest BCUT2D eigenvalue weighted by Gasteiger charge is 2.07. The van der Waals surface area contributed by atoms with Crippen molar-refractivity contribution in [3.05, 3.63) is 58.7 Å². The van der Waals surface area contributed by atoms with Gasteiger partial charge in [0.05, 0.1) is 11.4 Å². The Balaban J connectivity index is 2.33. The van der Waals surface area contributed by atoms with Gasteiger partial charge in [0.25, 0.3) is 0 Å². The molecule has 0 aliphatic rings. The molecule has 0 aromatic heterocycles. The predicted octanol–water partition coefficient (Wildman–Crippen LogP) is 6.98. The van der Waals surface area contributed by atoms with Crippen LogP contribution in [0.4, 0.5) is 11.4 Å². The topological polar surface area (TPSA) is 24.7 Å². The van der Waals surface area contributed by atoms with Crippen LogP contribution in [0.15, 0.2) is 46.4 Å². The first-order valence-electron chi connectivity index (χ1n) is 9.15. The van der Waals surface area contributed by atoms with Gasteiger partial charge in [0.15, 0.2) is 0 Å². The second-order valence-electron chi connectivity index (χ2n) is 6.93. The Hall–Kier alpha value is -2.22. The van der Waals surface area contributed by atoms with E-state index in [9.17, 15) is 0 Å². The maximum absolute atomic E-state index is 5.01. The SMILES string of the molecule is CCCC(CC(C)=Nc1c(C)cccc1C)=Nc1c(C)cccc1C. The van der Waals surface area contributed by atoms with Crippen LogP contribution in [0.5, 0.6) is 0 Å². The van der Waals surface area contributed by atoms with Crippen molar-refractivity contribution >= 4 is 22.8 Å². The largest absolute Gasteiger partial charge is 0.257 e. The van der Waals surface area contributed by atoms with Crippen molar-refractivity contribution in [2.24, 2.45) is 9.98 Å². The molecule has 0 aliphatic carbocycles. The van der Waals surface area contributed by atoms with Crippen molar-refractivity contribution in [2.75, 3.05) is 0 Å². The molecule has 0 saturated carbocycles. The van der Waals surface area contributed by atoms with Gasteiger partial charge in [-0.25, -0.2) is 0 Å². The fourth-order valence-corrected chi connectivity index (χ4v) is 3.12. The highest BCUT2D eigenvalue weighted by atomic mass is 14.8. The Bertz CT molecular complexity index is 757. The molecule has 0 saturated heterocycles. The number of aryl methyl sites for hydroxylation is 4. The molecule has 0 bridgehead atoms. The zero-order chi connectivity index (χ0) is 18.4. The normalized spacial score (nSPS) is 12.6. The minimum Gasteiger partial charge on any atom is -0.257 e. The average molecular weight is 335 g/mol. The summed E-state index contributed by atoms with van der Waals surface area (Å²) in [6.45, 7) is 12.8. The zero-order valence-corrected chi connectivity index (χ0v) is 16.5. The van der Waals surface area contributed by atoms with Crippen molar-refractivity contribution in [3.63, 3.8) is 0 Å². The predicted molar refractivity (Wildman–Crippen MR) is 111 cm³/mol. The summed E-state index contributed by atoms with van der Waals surface area (Å²) in [7, 11) is 0. The zero-order valence-electron chi connectivity index (χ0n) is 16.5. The quantitative estimate of drug-likeness (QED) is 0.509. The van der Waals surface area contributed by atoms with E-state index in [1.807, 2.05) is 0 Å². The number of rotatable bonds is 6. The van der Waals surface area contributed by atoms with Gasteiger partial charge in [0.1, 0.15) is 0 Å². The van der Waals surface area contributed by atoms with Crippen LogP contribution in [0.25, 0.3) is 0 Å². The van der Waals surface area contributed by atoms with Crippen LogP contribution >= 0.6 is 0 Å². The average Bonchev–Trinajstić information content (AvgIpc) is 2.55. The standard InChI is InChI=1S/C23H30N2/c1-7-10-21(25-23-18(4)13-9-14-19(23)5)15-20(6)24-22-16(2)11-8-12-17(22)3/h8-9,11-14H,7,10,15H2,1-6H3. The summed E-state index contributed by atoms with van der Waals surface area (Å²) in [6, 6.07) is 12.7. The van der Waals surface area contributed by atoms with E-state index in [4.69, 9.17) is 9.98 Å². The van der Waals surface area contributed by atoms with E-state index in [-0.39, 0.29) is 0 Å². The molecule has 2 nitrogen and oxygen atoms in total. The molecule has 0 fully saturated rings. The van der Waals surface area contributed by atoms with E-state index >= 15 is 0 Å². The molecule has 0 amide bonds. The third-order valence-corrected chi connectivity index (χ3v) is 4.45. The van der Waals surface area contributed by atoms with Crippen molar-refractivity contribution in [3.8, 4) is 0 Å². The number of benzene rings is 2. The number of hydrogen-bond acceptors (Lipinski definition) is 2. The molecular weight excluding hydrogens is 304 g/mol. The molecule has 2 aromatic rings. The van der Waals surface area contributed by atoms with E-state index in [0.29, 0.717) is 0 Å². The Labute approximate surface area is 152 Å². The summed E-state index contributed by atoms with van der Waals surface area (Å²) >= 11 is 0. The van der Waals surface area contributed by atoms with Gasteiger partial charge in [-0.2, -0.15) is 0 Å². The monoisotopic (exact) mass is 334 g/mol. The lowest BCUT2D eigenvalue weighted by Crippen LogP contribution is -2.05. The van der Waals surface area contributed by atoms with E-state index < -0.39 is 0 Å². The summed E-state index contributed by atoms with van der Waals surface area (Å²) in [5, 5.41) is 0. The van der Waals surface area contributed by atoms with Gasteiger partial charge in [0.2, 0.25) is 0 Å². The number of hydrogen-bond donors (Lipinski definition) is 0. The highest BCUT2D eigenvalue weighted by molar-refractivity contribution is 6.05. The van der Waals surface area contributed by atoms with E-state index in [2.05, 4.69) is 77.9 Å². The number of aliphatic imine (C=N–C) groups is 2. The molecule has 132 valence electrons. The molecule has 0 heterocycles. The first kappa shape index (κ1) is 19.1. The summed E-state index contributed by atoms with van der Waals surface area (Å²) in [6.07, 6.45) is 2.93. The minimum atomic E-state index is 0.829. The van der Waals surface area contributed by atoms with Crippen molar-refractivity contribution < 1.29 is 0 Å². The van der Waals surface area contributed by atoms with Crippen molar-refractivity contribution in [1.29, 1.82) is 0 Å². The van der Waals surface area contributed by atoms with Crippen LogP contribution in [-0.4, -0.2) is 11.4 Å². The maximum Gasteiger partial charge on any atom is 0.0687 e. The van der Waals surface area contributed by atoms with Crippen molar-refractivity contribution in [2.45, 2.75) is 60.8 Å². The molecule has 0 atom stereocenters. The van der Waals surface area contributed by atoms with Gasteiger partial charge in [-0.15, -0.1) is 0 Å². The van der Waals surface area contributed by atoms with Crippen LogP contribution in [0, 0.1) is 27.7 Å². The Morgan fingerprint density at radius 1 is 0.760 bits per heavy atom. The minimum absolute atomic E-state index is 0.829. The van der Waals surface area contributed by atoms with E-state index in [1.54, 1.807) is 0 Å². The second kappa shape index (κ2) is 8.75. The molecule has 0 unspecified atom stereocenters. The maximum atomic E-state index is 5.01. The molecule has 2 rings (SSSR count). The van der Waals surface area contributed by atoms with Crippen LogP contribution in [-0.2, 0) is 0 Å². The smallest absolute Gasteiger partial charge is 0.0687 e. The Morgan fingerprint density at radius 2 is 1.20 bits per heavy atom. The number of para-hydroxylation sites is 2. The summed E-state index contributed by atoms with van der Waals surface area (Å²) in [4.78, 5) is 9.91. The van der Waals surface area contributed by atoms with Crippen molar-refractivity contribution in [1.82, 2.24) is 0 Å². The third kappa shape index (κ3) is 5.12. The molecule has 2 heteroatoms. The summed E-state index contributed by atoms with van der Waals surface area (Å²) < 4.78 is 0. The van der Waals surface area contributed by atoms with Crippen LogP contribution in [0.3, 0.4) is 0 Å². The van der Waals surface area contributed by atoms with Crippen LogP contribution in [0.2, 0.25) is 0 Å². The molecular formula is C23H30N2. The van der Waals surface area contributed by atoms with E-state index in [1.165, 1.54) is 28.0 Å². The van der Waals surface area contributed by atoms with Gasteiger partial charge in [-0.1, -0.05) is 49.7 Å². The van der Waals surface area contributed by atoms with Gasteiger partial charge < -0.3 is 0 Å². The number of nitrogens with zero attached hydrogens (tertiary/aromatic N) is 2. The lowest BCUT2D eigenvalue weighted by Gasteiger charge is -2.11. The van der Waals surface area contributed by atoms with Crippen LogP contribution in [0.1, 0.15) is 55.4 Å². The summed E-state index contributed by atoms with van der Waals surface area (Å²) in [5.74, 6) is 0. The fraction of sp³-hybridized carbons (Fsp3) is 0.391. The lowest BCUT2D eigenvalue weighted by atomic mass is 10.1. The molecule has 0 spiro atoms. The molecule has 0 aliphatic heterocycles. The first-order valence-corrected chi connectivity index (χ1v) is 9.15. The van der Waals surface area contributed by atoms with E-state index in [0.717, 1.165) is 36.3 Å². The van der Waals surface area contributed by atoms with Gasteiger partial charge in [-0.3, -0.25) is 9.98 Å². The van der Waals surface area contributed by atoms with Gasteiger partial charge in [0, 0.05) is 17.8 Å². The highest BCUT2D eigenvalue weighted by Crippen LogP contribution is 2.26. The summed E-state index contributed by atoms with van der Waals surface area (Å²) in [5.41, 5.74) is 9.47. The molecule has 2 aromatic carbocycles. The third-order valence-electron chi connectivity index (χ3n) is 4.45. The van der Waals surface area contributed by atoms with Crippen LogP contribution < -0.4 is 0 Å². The molecule has 0 N–H and O–H groups in total. The Morgan fingerprint density at radius 3 is 1.64 bits per heavy atom. The van der Waals surface area contributed by atoms with Gasteiger partial charge in [-0.05, 0) is 63.3 Å².